The second kappa shape index (κ2) is 7.56. The molecular formula is C10H12BrNO3S. The van der Waals surface area contributed by atoms with Gasteiger partial charge in [-0.2, -0.15) is 0 Å². The van der Waals surface area contributed by atoms with Gasteiger partial charge in [0.2, 0.25) is 0 Å². The summed E-state index contributed by atoms with van der Waals surface area (Å²) in [7, 11) is 1.57. The first-order valence-corrected chi connectivity index (χ1v) is 6.17. The van der Waals surface area contributed by atoms with Crippen molar-refractivity contribution in [1.82, 2.24) is 5.48 Å². The van der Waals surface area contributed by atoms with Crippen LogP contribution in [0.2, 0.25) is 0 Å². The van der Waals surface area contributed by atoms with Crippen molar-refractivity contribution in [2.45, 2.75) is 0 Å². The number of ether oxygens (including phenoxy) is 1. The summed E-state index contributed by atoms with van der Waals surface area (Å²) in [5.74, 6) is -0.291. The van der Waals surface area contributed by atoms with E-state index in [1.165, 1.54) is 6.08 Å². The van der Waals surface area contributed by atoms with Crippen LogP contribution in [-0.2, 0) is 14.4 Å². The molecule has 0 fully saturated rings. The molecule has 1 aromatic rings. The Bertz CT molecular complexity index is 365. The first kappa shape index (κ1) is 13.4. The molecule has 1 N–H and O–H groups in total. The van der Waals surface area contributed by atoms with Gasteiger partial charge in [0.15, 0.2) is 0 Å². The summed E-state index contributed by atoms with van der Waals surface area (Å²) in [5, 5.41) is 0. The fraction of sp³-hybridized carbons (Fsp3) is 0.300. The average molecular weight is 306 g/mol. The Kier molecular flexibility index (Phi) is 6.32. The lowest BCUT2D eigenvalue weighted by Crippen LogP contribution is -2.23. The molecule has 0 aliphatic carbocycles. The predicted octanol–water partition coefficient (Wildman–Crippen LogP) is 2.22. The minimum absolute atomic E-state index is 0.291. The zero-order valence-corrected chi connectivity index (χ0v) is 11.1. The van der Waals surface area contributed by atoms with E-state index in [9.17, 15) is 4.79 Å². The number of thiophene rings is 1. The zero-order chi connectivity index (χ0) is 11.8. The smallest absolute Gasteiger partial charge is 0.267 e. The van der Waals surface area contributed by atoms with Crippen molar-refractivity contribution in [1.29, 1.82) is 0 Å². The third-order valence-corrected chi connectivity index (χ3v) is 3.14. The van der Waals surface area contributed by atoms with Crippen LogP contribution in [0.4, 0.5) is 0 Å². The molecule has 0 bridgehead atoms. The van der Waals surface area contributed by atoms with Crippen LogP contribution in [0.3, 0.4) is 0 Å². The minimum Gasteiger partial charge on any atom is -0.382 e. The molecule has 0 saturated carbocycles. The lowest BCUT2D eigenvalue weighted by atomic mass is 10.4. The van der Waals surface area contributed by atoms with Crippen molar-refractivity contribution >= 4 is 39.2 Å². The van der Waals surface area contributed by atoms with Gasteiger partial charge >= 0.3 is 0 Å². The molecule has 6 heteroatoms. The van der Waals surface area contributed by atoms with Crippen LogP contribution in [0.25, 0.3) is 6.08 Å². The van der Waals surface area contributed by atoms with Crippen molar-refractivity contribution in [2.24, 2.45) is 0 Å². The normalized spacial score (nSPS) is 10.9. The Morgan fingerprint density at radius 3 is 3.00 bits per heavy atom. The van der Waals surface area contributed by atoms with Crippen LogP contribution in [-0.4, -0.2) is 26.2 Å². The topological polar surface area (TPSA) is 47.6 Å². The predicted molar refractivity (Wildman–Crippen MR) is 67.0 cm³/mol. The molecule has 0 saturated heterocycles. The number of hydrogen-bond donors (Lipinski definition) is 1. The third kappa shape index (κ3) is 5.41. The number of nitrogens with one attached hydrogen (secondary N) is 1. The van der Waals surface area contributed by atoms with Crippen LogP contribution in [0.1, 0.15) is 4.88 Å². The van der Waals surface area contributed by atoms with Crippen molar-refractivity contribution in [3.8, 4) is 0 Å². The van der Waals surface area contributed by atoms with E-state index < -0.39 is 0 Å². The second-order valence-corrected chi connectivity index (χ2v) is 5.28. The summed E-state index contributed by atoms with van der Waals surface area (Å²) in [6.07, 6.45) is 3.15. The summed E-state index contributed by atoms with van der Waals surface area (Å²) >= 11 is 4.89. The highest BCUT2D eigenvalue weighted by Crippen LogP contribution is 2.22. The van der Waals surface area contributed by atoms with E-state index in [1.54, 1.807) is 24.5 Å². The van der Waals surface area contributed by atoms with E-state index in [0.717, 1.165) is 8.66 Å². The summed E-state index contributed by atoms with van der Waals surface area (Å²) in [6, 6.07) is 3.85. The maximum atomic E-state index is 11.2. The fourth-order valence-corrected chi connectivity index (χ4v) is 2.18. The van der Waals surface area contributed by atoms with Gasteiger partial charge in [-0.25, -0.2) is 5.48 Å². The Balaban J connectivity index is 2.26. The van der Waals surface area contributed by atoms with Crippen LogP contribution < -0.4 is 5.48 Å². The van der Waals surface area contributed by atoms with Crippen LogP contribution in [0.5, 0.6) is 0 Å². The van der Waals surface area contributed by atoms with E-state index >= 15 is 0 Å². The van der Waals surface area contributed by atoms with Gasteiger partial charge in [-0.1, -0.05) is 0 Å². The third-order valence-electron chi connectivity index (χ3n) is 1.56. The highest BCUT2D eigenvalue weighted by Gasteiger charge is 1.96. The maximum Gasteiger partial charge on any atom is 0.267 e. The Morgan fingerprint density at radius 2 is 2.38 bits per heavy atom. The molecule has 0 aromatic carbocycles. The molecule has 0 aliphatic heterocycles. The molecule has 16 heavy (non-hydrogen) atoms. The SMILES string of the molecule is COCCONC(=O)/C=C/c1ccc(Br)s1. The number of amides is 1. The van der Waals surface area contributed by atoms with Gasteiger partial charge in [0.1, 0.15) is 0 Å². The zero-order valence-electron chi connectivity index (χ0n) is 8.73. The molecule has 0 radical (unpaired) electrons. The molecule has 0 atom stereocenters. The fourth-order valence-electron chi connectivity index (χ4n) is 0.857. The van der Waals surface area contributed by atoms with Gasteiger partial charge in [-0.3, -0.25) is 9.63 Å². The van der Waals surface area contributed by atoms with Gasteiger partial charge < -0.3 is 4.74 Å². The summed E-state index contributed by atoms with van der Waals surface area (Å²) < 4.78 is 5.79. The first-order chi connectivity index (χ1) is 7.72. The Labute approximate surface area is 106 Å². The number of carbonyl (C=O) groups excluding carboxylic acids is 1. The van der Waals surface area contributed by atoms with Crippen LogP contribution in [0, 0.1) is 0 Å². The largest absolute Gasteiger partial charge is 0.382 e. The molecule has 1 rings (SSSR count). The number of halogens is 1. The van der Waals surface area contributed by atoms with E-state index in [4.69, 9.17) is 9.57 Å². The van der Waals surface area contributed by atoms with Gasteiger partial charge in [0.25, 0.3) is 5.91 Å². The second-order valence-electron chi connectivity index (χ2n) is 2.78. The van der Waals surface area contributed by atoms with Gasteiger partial charge in [-0.15, -0.1) is 11.3 Å². The molecule has 0 aliphatic rings. The number of hydrogen-bond acceptors (Lipinski definition) is 4. The summed E-state index contributed by atoms with van der Waals surface area (Å²) in [4.78, 5) is 17.1. The minimum atomic E-state index is -0.291. The Morgan fingerprint density at radius 1 is 1.56 bits per heavy atom. The summed E-state index contributed by atoms with van der Waals surface area (Å²) in [5.41, 5.74) is 2.28. The van der Waals surface area contributed by atoms with Crippen molar-refractivity contribution in [2.75, 3.05) is 20.3 Å². The van der Waals surface area contributed by atoms with Crippen LogP contribution >= 0.6 is 27.3 Å². The number of hydroxylamine groups is 1. The molecule has 4 nitrogen and oxygen atoms in total. The molecule has 88 valence electrons. The maximum absolute atomic E-state index is 11.2. The van der Waals surface area contributed by atoms with Crippen molar-refractivity contribution in [3.05, 3.63) is 26.9 Å². The van der Waals surface area contributed by atoms with Crippen LogP contribution in [0.15, 0.2) is 22.0 Å². The molecule has 0 spiro atoms. The molecule has 0 unspecified atom stereocenters. The van der Waals surface area contributed by atoms with E-state index in [-0.39, 0.29) is 5.91 Å². The lowest BCUT2D eigenvalue weighted by Gasteiger charge is -2.01. The molecule has 1 heterocycles. The van der Waals surface area contributed by atoms with Gasteiger partial charge in [-0.05, 0) is 34.1 Å². The lowest BCUT2D eigenvalue weighted by molar-refractivity contribution is -0.129. The molecular weight excluding hydrogens is 294 g/mol. The quantitative estimate of drug-likeness (QED) is 0.498. The number of carbonyl (C=O) groups is 1. The summed E-state index contributed by atoms with van der Waals surface area (Å²) in [6.45, 7) is 0.780. The first-order valence-electron chi connectivity index (χ1n) is 4.56. The highest BCUT2D eigenvalue weighted by atomic mass is 79.9. The van der Waals surface area contributed by atoms with Gasteiger partial charge in [0.05, 0.1) is 17.0 Å². The molecule has 1 amide bonds. The van der Waals surface area contributed by atoms with Crippen molar-refractivity contribution < 1.29 is 14.4 Å². The monoisotopic (exact) mass is 305 g/mol. The standard InChI is InChI=1S/C10H12BrNO3S/c1-14-6-7-15-12-10(13)5-3-8-2-4-9(11)16-8/h2-5H,6-7H2,1H3,(H,12,13)/b5-3+. The van der Waals surface area contributed by atoms with Gasteiger partial charge in [0, 0.05) is 18.1 Å². The number of methoxy groups -OCH3 is 1. The van der Waals surface area contributed by atoms with E-state index in [1.807, 2.05) is 12.1 Å². The van der Waals surface area contributed by atoms with E-state index in [2.05, 4.69) is 21.4 Å². The van der Waals surface area contributed by atoms with E-state index in [0.29, 0.717) is 13.2 Å². The number of rotatable bonds is 6. The highest BCUT2D eigenvalue weighted by molar-refractivity contribution is 9.11. The Hall–Kier alpha value is -0.690. The average Bonchev–Trinajstić information content (AvgIpc) is 2.68. The van der Waals surface area contributed by atoms with Crippen molar-refractivity contribution in [3.63, 3.8) is 0 Å². The molecule has 1 aromatic heterocycles.